The lowest BCUT2D eigenvalue weighted by Crippen LogP contribution is -2.11. The van der Waals surface area contributed by atoms with Crippen LogP contribution in [0.4, 0.5) is 0 Å². The van der Waals surface area contributed by atoms with Crippen molar-refractivity contribution in [2.24, 2.45) is 0 Å². The second-order valence-electron chi connectivity index (χ2n) is 2.80. The van der Waals surface area contributed by atoms with Crippen LogP contribution >= 0.6 is 23.5 Å². The predicted molar refractivity (Wildman–Crippen MR) is 67.6 cm³/mol. The van der Waals surface area contributed by atoms with Crippen LogP contribution in [0.2, 0.25) is 0 Å². The van der Waals surface area contributed by atoms with Gasteiger partial charge in [-0.25, -0.2) is 0 Å². The lowest BCUT2D eigenvalue weighted by molar-refractivity contribution is -0.140. The van der Waals surface area contributed by atoms with Crippen LogP contribution in [0.3, 0.4) is 0 Å². The maximum absolute atomic E-state index is 11.0. The molecular formula is C10H18O4S2. The van der Waals surface area contributed by atoms with Gasteiger partial charge in [0.15, 0.2) is 0 Å². The first kappa shape index (κ1) is 15.6. The standard InChI is InChI=1S/C10H18O4S2/c1-4-13-9(11)6-15-8(3)16-7-10(12)14-5-2/h8H,4-7H2,1-3H3. The van der Waals surface area contributed by atoms with Crippen molar-refractivity contribution in [3.05, 3.63) is 0 Å². The van der Waals surface area contributed by atoms with E-state index in [2.05, 4.69) is 0 Å². The third-order valence-electron chi connectivity index (χ3n) is 1.48. The van der Waals surface area contributed by atoms with Crippen molar-refractivity contribution < 1.29 is 19.1 Å². The van der Waals surface area contributed by atoms with Gasteiger partial charge in [-0.15, -0.1) is 23.5 Å². The van der Waals surface area contributed by atoms with Gasteiger partial charge in [-0.2, -0.15) is 0 Å². The molecule has 0 atom stereocenters. The van der Waals surface area contributed by atoms with E-state index in [0.29, 0.717) is 24.7 Å². The quantitative estimate of drug-likeness (QED) is 0.494. The van der Waals surface area contributed by atoms with E-state index in [1.54, 1.807) is 13.8 Å². The molecule has 0 fully saturated rings. The monoisotopic (exact) mass is 266 g/mol. The van der Waals surface area contributed by atoms with Gasteiger partial charge in [-0.3, -0.25) is 9.59 Å². The molecule has 0 rings (SSSR count). The van der Waals surface area contributed by atoms with Crippen molar-refractivity contribution in [3.63, 3.8) is 0 Å². The molecule has 0 aromatic rings. The fourth-order valence-electron chi connectivity index (χ4n) is 0.824. The summed E-state index contributed by atoms with van der Waals surface area (Å²) in [5.74, 6) is 0.225. The molecule has 0 aliphatic heterocycles. The maximum atomic E-state index is 11.0. The van der Waals surface area contributed by atoms with Crippen LogP contribution in [0.5, 0.6) is 0 Å². The van der Waals surface area contributed by atoms with Gasteiger partial charge >= 0.3 is 11.9 Å². The van der Waals surface area contributed by atoms with Crippen molar-refractivity contribution in [1.82, 2.24) is 0 Å². The molecule has 0 aliphatic rings. The number of hydrogen-bond acceptors (Lipinski definition) is 6. The Morgan fingerprint density at radius 2 is 1.38 bits per heavy atom. The fourth-order valence-corrected chi connectivity index (χ4v) is 2.53. The van der Waals surface area contributed by atoms with Crippen LogP contribution in [0, 0.1) is 0 Å². The van der Waals surface area contributed by atoms with Gasteiger partial charge < -0.3 is 9.47 Å². The molecule has 0 heterocycles. The van der Waals surface area contributed by atoms with Crippen molar-refractivity contribution >= 4 is 35.5 Å². The molecule has 0 saturated carbocycles. The molecule has 0 radical (unpaired) electrons. The Bertz CT molecular complexity index is 199. The topological polar surface area (TPSA) is 52.6 Å². The molecule has 4 nitrogen and oxygen atoms in total. The average Bonchev–Trinajstić information content (AvgIpc) is 2.24. The highest BCUT2D eigenvalue weighted by molar-refractivity contribution is 8.17. The van der Waals surface area contributed by atoms with Crippen molar-refractivity contribution in [2.45, 2.75) is 25.4 Å². The molecule has 0 bridgehead atoms. The smallest absolute Gasteiger partial charge is 0.315 e. The van der Waals surface area contributed by atoms with E-state index in [0.717, 1.165) is 0 Å². The van der Waals surface area contributed by atoms with E-state index in [9.17, 15) is 9.59 Å². The molecular weight excluding hydrogens is 248 g/mol. The Kier molecular flexibility index (Phi) is 9.62. The Hall–Kier alpha value is -0.360. The SMILES string of the molecule is CCOC(=O)CSC(C)SCC(=O)OCC. The average molecular weight is 266 g/mol. The first-order chi connectivity index (χ1) is 7.60. The van der Waals surface area contributed by atoms with Crippen molar-refractivity contribution in [2.75, 3.05) is 24.7 Å². The molecule has 0 aliphatic carbocycles. The Balaban J connectivity index is 3.54. The van der Waals surface area contributed by atoms with Gasteiger partial charge in [0, 0.05) is 4.58 Å². The summed E-state index contributed by atoms with van der Waals surface area (Å²) in [6.07, 6.45) is 0. The lowest BCUT2D eigenvalue weighted by Gasteiger charge is -2.09. The summed E-state index contributed by atoms with van der Waals surface area (Å²) >= 11 is 2.93. The van der Waals surface area contributed by atoms with Crippen LogP contribution in [0.25, 0.3) is 0 Å². The number of thioether (sulfide) groups is 2. The van der Waals surface area contributed by atoms with Gasteiger partial charge in [-0.05, 0) is 20.8 Å². The minimum atomic E-state index is -0.212. The zero-order valence-corrected chi connectivity index (χ0v) is 11.5. The van der Waals surface area contributed by atoms with E-state index in [4.69, 9.17) is 9.47 Å². The summed E-state index contributed by atoms with van der Waals surface area (Å²) in [4.78, 5) is 22.1. The Morgan fingerprint density at radius 3 is 1.69 bits per heavy atom. The predicted octanol–water partition coefficient (Wildman–Crippen LogP) is 1.93. The molecule has 16 heavy (non-hydrogen) atoms. The minimum Gasteiger partial charge on any atom is -0.465 e. The van der Waals surface area contributed by atoms with Gasteiger partial charge in [0.1, 0.15) is 0 Å². The first-order valence-corrected chi connectivity index (χ1v) is 7.24. The largest absolute Gasteiger partial charge is 0.465 e. The van der Waals surface area contributed by atoms with E-state index in [1.807, 2.05) is 6.92 Å². The molecule has 94 valence electrons. The summed E-state index contributed by atoms with van der Waals surface area (Å²) in [6.45, 7) is 6.32. The Morgan fingerprint density at radius 1 is 1.00 bits per heavy atom. The third kappa shape index (κ3) is 8.91. The van der Waals surface area contributed by atoms with Crippen LogP contribution in [0.15, 0.2) is 0 Å². The number of carbonyl (C=O) groups is 2. The number of rotatable bonds is 8. The highest BCUT2D eigenvalue weighted by atomic mass is 32.2. The molecule has 6 heteroatoms. The molecule has 0 unspecified atom stereocenters. The van der Waals surface area contributed by atoms with Gasteiger partial charge in [0.05, 0.1) is 24.7 Å². The van der Waals surface area contributed by atoms with Crippen molar-refractivity contribution in [1.29, 1.82) is 0 Å². The zero-order chi connectivity index (χ0) is 12.4. The third-order valence-corrected chi connectivity index (χ3v) is 4.04. The molecule has 0 N–H and O–H groups in total. The van der Waals surface area contributed by atoms with E-state index < -0.39 is 0 Å². The second-order valence-corrected chi connectivity index (χ2v) is 5.76. The molecule has 0 aromatic heterocycles. The van der Waals surface area contributed by atoms with Gasteiger partial charge in [-0.1, -0.05) is 0 Å². The number of esters is 2. The maximum Gasteiger partial charge on any atom is 0.315 e. The molecule has 0 amide bonds. The summed E-state index contributed by atoms with van der Waals surface area (Å²) in [6, 6.07) is 0. The van der Waals surface area contributed by atoms with Gasteiger partial charge in [0.25, 0.3) is 0 Å². The highest BCUT2D eigenvalue weighted by Gasteiger charge is 2.10. The van der Waals surface area contributed by atoms with Crippen LogP contribution in [-0.2, 0) is 19.1 Å². The van der Waals surface area contributed by atoms with E-state index >= 15 is 0 Å². The molecule has 0 spiro atoms. The second kappa shape index (κ2) is 9.84. The van der Waals surface area contributed by atoms with E-state index in [-0.39, 0.29) is 16.5 Å². The summed E-state index contributed by atoms with van der Waals surface area (Å²) < 4.78 is 9.77. The fraction of sp³-hybridized carbons (Fsp3) is 0.800. The number of hydrogen-bond donors (Lipinski definition) is 0. The van der Waals surface area contributed by atoms with Gasteiger partial charge in [0.2, 0.25) is 0 Å². The molecule has 0 saturated heterocycles. The lowest BCUT2D eigenvalue weighted by atomic mass is 10.8. The van der Waals surface area contributed by atoms with Crippen LogP contribution in [0.1, 0.15) is 20.8 Å². The highest BCUT2D eigenvalue weighted by Crippen LogP contribution is 2.23. The van der Waals surface area contributed by atoms with Crippen LogP contribution in [-0.4, -0.2) is 41.2 Å². The van der Waals surface area contributed by atoms with Crippen LogP contribution < -0.4 is 0 Å². The summed E-state index contributed by atoms with van der Waals surface area (Å²) in [5.41, 5.74) is 0. The molecule has 0 aromatic carbocycles. The number of carbonyl (C=O) groups excluding carboxylic acids is 2. The van der Waals surface area contributed by atoms with Crippen molar-refractivity contribution in [3.8, 4) is 0 Å². The Labute approximate surface area is 105 Å². The normalized spacial score (nSPS) is 10.2. The summed E-state index contributed by atoms with van der Waals surface area (Å²) in [7, 11) is 0. The first-order valence-electron chi connectivity index (χ1n) is 5.14. The zero-order valence-electron chi connectivity index (χ0n) is 9.86. The number of ether oxygens (including phenoxy) is 2. The summed E-state index contributed by atoms with van der Waals surface area (Å²) in [5, 5.41) is 0. The van der Waals surface area contributed by atoms with E-state index in [1.165, 1.54) is 23.5 Å². The minimum absolute atomic E-state index is 0.175.